The van der Waals surface area contributed by atoms with E-state index in [1.807, 2.05) is 6.07 Å². The van der Waals surface area contributed by atoms with Gasteiger partial charge in [-0.15, -0.1) is 0 Å². The summed E-state index contributed by atoms with van der Waals surface area (Å²) in [5, 5.41) is 14.0. The van der Waals surface area contributed by atoms with E-state index in [0.717, 1.165) is 17.7 Å². The number of amides is 4. The first-order chi connectivity index (χ1) is 12.9. The van der Waals surface area contributed by atoms with Gasteiger partial charge in [0.15, 0.2) is 6.61 Å². The molecule has 0 radical (unpaired) electrons. The lowest BCUT2D eigenvalue weighted by Gasteiger charge is -2.19. The van der Waals surface area contributed by atoms with Crippen LogP contribution in [-0.2, 0) is 19.1 Å². The van der Waals surface area contributed by atoms with Crippen LogP contribution in [0.2, 0.25) is 0 Å². The molecule has 0 bridgehead atoms. The smallest absolute Gasteiger partial charge is 0.326 e. The number of urea groups is 1. The number of nitriles is 1. The molecule has 9 heteroatoms. The fourth-order valence-corrected chi connectivity index (χ4v) is 3.32. The van der Waals surface area contributed by atoms with E-state index in [-0.39, 0.29) is 0 Å². The maximum absolute atomic E-state index is 12.4. The monoisotopic (exact) mass is 370 g/mol. The van der Waals surface area contributed by atoms with Crippen molar-refractivity contribution < 1.29 is 23.9 Å². The van der Waals surface area contributed by atoms with Gasteiger partial charge in [-0.3, -0.25) is 19.3 Å². The second-order valence-electron chi connectivity index (χ2n) is 6.51. The summed E-state index contributed by atoms with van der Waals surface area (Å²) < 4.78 is 4.85. The Kier molecular flexibility index (Phi) is 5.07. The Labute approximate surface area is 155 Å². The van der Waals surface area contributed by atoms with Gasteiger partial charge < -0.3 is 15.4 Å². The molecule has 0 aromatic heterocycles. The topological polar surface area (TPSA) is 129 Å². The predicted octanol–water partition coefficient (Wildman–Crippen LogP) is 0.905. The summed E-state index contributed by atoms with van der Waals surface area (Å²) in [6, 6.07) is 7.60. The lowest BCUT2D eigenvalue weighted by Crippen LogP contribution is -2.44. The van der Waals surface area contributed by atoms with Gasteiger partial charge in [-0.25, -0.2) is 4.79 Å². The number of anilines is 1. The molecule has 0 unspecified atom stereocenters. The number of hydrogen-bond acceptors (Lipinski definition) is 6. The molecule has 9 nitrogen and oxygen atoms in total. The standard InChI is InChI=1S/C18H18N4O5/c19-9-12-4-3-5-13(8-12)20-14(23)11-27-15(24)10-22-16(25)18(21-17(22)26)6-1-2-7-18/h3-5,8H,1-2,6-7,10-11H2,(H,20,23)(H,21,26). The zero-order valence-electron chi connectivity index (χ0n) is 14.5. The quantitative estimate of drug-likeness (QED) is 0.585. The van der Waals surface area contributed by atoms with Crippen molar-refractivity contribution >= 4 is 29.5 Å². The van der Waals surface area contributed by atoms with Crippen molar-refractivity contribution in [1.82, 2.24) is 10.2 Å². The van der Waals surface area contributed by atoms with Gasteiger partial charge in [0.1, 0.15) is 12.1 Å². The van der Waals surface area contributed by atoms with Gasteiger partial charge >= 0.3 is 12.0 Å². The Hall–Kier alpha value is -3.41. The molecule has 1 aromatic rings. The van der Waals surface area contributed by atoms with E-state index >= 15 is 0 Å². The first-order valence-electron chi connectivity index (χ1n) is 8.53. The van der Waals surface area contributed by atoms with Crippen molar-refractivity contribution in [3.8, 4) is 6.07 Å². The minimum absolute atomic E-state index is 0.379. The van der Waals surface area contributed by atoms with Crippen LogP contribution in [0.1, 0.15) is 31.2 Å². The van der Waals surface area contributed by atoms with E-state index in [2.05, 4.69) is 10.6 Å². The van der Waals surface area contributed by atoms with E-state index in [1.54, 1.807) is 18.2 Å². The Morgan fingerprint density at radius 3 is 2.74 bits per heavy atom. The molecule has 1 saturated carbocycles. The van der Waals surface area contributed by atoms with Crippen LogP contribution in [0.3, 0.4) is 0 Å². The zero-order chi connectivity index (χ0) is 19.4. The number of rotatable bonds is 5. The lowest BCUT2D eigenvalue weighted by molar-refractivity contribution is -0.150. The summed E-state index contributed by atoms with van der Waals surface area (Å²) in [5.41, 5.74) is -0.114. The summed E-state index contributed by atoms with van der Waals surface area (Å²) >= 11 is 0. The van der Waals surface area contributed by atoms with Crippen molar-refractivity contribution in [3.63, 3.8) is 0 Å². The molecule has 0 atom stereocenters. The fourth-order valence-electron chi connectivity index (χ4n) is 3.32. The third-order valence-electron chi connectivity index (χ3n) is 4.63. The minimum atomic E-state index is -0.888. The van der Waals surface area contributed by atoms with Crippen molar-refractivity contribution in [2.75, 3.05) is 18.5 Å². The predicted molar refractivity (Wildman–Crippen MR) is 92.2 cm³/mol. The van der Waals surface area contributed by atoms with E-state index in [1.165, 1.54) is 6.07 Å². The van der Waals surface area contributed by atoms with Crippen LogP contribution in [0.4, 0.5) is 10.5 Å². The van der Waals surface area contributed by atoms with Gasteiger partial charge in [-0.1, -0.05) is 18.9 Å². The number of nitrogens with zero attached hydrogens (tertiary/aromatic N) is 2. The average molecular weight is 370 g/mol. The summed E-state index contributed by atoms with van der Waals surface area (Å²) in [6.07, 6.45) is 2.82. The van der Waals surface area contributed by atoms with Crippen LogP contribution < -0.4 is 10.6 Å². The lowest BCUT2D eigenvalue weighted by atomic mass is 9.98. The number of benzene rings is 1. The van der Waals surface area contributed by atoms with Crippen LogP contribution in [-0.4, -0.2) is 47.4 Å². The number of nitrogens with one attached hydrogen (secondary N) is 2. The summed E-state index contributed by atoms with van der Waals surface area (Å²) in [4.78, 5) is 49.1. The molecule has 1 aromatic carbocycles. The largest absolute Gasteiger partial charge is 0.454 e. The van der Waals surface area contributed by atoms with Crippen LogP contribution in [0.5, 0.6) is 0 Å². The Morgan fingerprint density at radius 1 is 1.30 bits per heavy atom. The molecule has 2 aliphatic rings. The molecule has 1 aliphatic heterocycles. The Morgan fingerprint density at radius 2 is 2.04 bits per heavy atom. The van der Waals surface area contributed by atoms with Gasteiger partial charge in [0.05, 0.1) is 11.6 Å². The molecule has 1 spiro atoms. The highest BCUT2D eigenvalue weighted by atomic mass is 16.5. The summed E-state index contributed by atoms with van der Waals surface area (Å²) in [7, 11) is 0. The molecular formula is C18H18N4O5. The van der Waals surface area contributed by atoms with Crippen molar-refractivity contribution in [2.24, 2.45) is 0 Å². The van der Waals surface area contributed by atoms with Gasteiger partial charge in [0.2, 0.25) is 0 Å². The highest BCUT2D eigenvalue weighted by molar-refractivity contribution is 6.09. The molecule has 2 N–H and O–H groups in total. The van der Waals surface area contributed by atoms with E-state index < -0.39 is 42.5 Å². The molecule has 1 heterocycles. The third kappa shape index (κ3) is 3.89. The van der Waals surface area contributed by atoms with Gasteiger partial charge in [0.25, 0.3) is 11.8 Å². The van der Waals surface area contributed by atoms with Crippen LogP contribution in [0.15, 0.2) is 24.3 Å². The third-order valence-corrected chi connectivity index (χ3v) is 4.63. The number of carbonyl (C=O) groups is 4. The Bertz CT molecular complexity index is 838. The minimum Gasteiger partial charge on any atom is -0.454 e. The van der Waals surface area contributed by atoms with Gasteiger partial charge in [-0.05, 0) is 31.0 Å². The summed E-state index contributed by atoms with van der Waals surface area (Å²) in [6.45, 7) is -1.10. The number of imide groups is 1. The van der Waals surface area contributed by atoms with Crippen LogP contribution >= 0.6 is 0 Å². The summed E-state index contributed by atoms with van der Waals surface area (Å²) in [5.74, 6) is -1.86. The van der Waals surface area contributed by atoms with E-state index in [0.29, 0.717) is 24.1 Å². The molecule has 1 saturated heterocycles. The normalized spacial score (nSPS) is 17.5. The van der Waals surface area contributed by atoms with Gasteiger partial charge in [0, 0.05) is 5.69 Å². The second kappa shape index (κ2) is 7.45. The molecular weight excluding hydrogens is 352 g/mol. The van der Waals surface area contributed by atoms with Crippen LogP contribution in [0, 0.1) is 11.3 Å². The highest BCUT2D eigenvalue weighted by Gasteiger charge is 2.52. The Balaban J connectivity index is 1.49. The number of carbonyl (C=O) groups excluding carboxylic acids is 4. The van der Waals surface area contributed by atoms with Crippen molar-refractivity contribution in [3.05, 3.63) is 29.8 Å². The average Bonchev–Trinajstić information content (AvgIpc) is 3.21. The van der Waals surface area contributed by atoms with Crippen LogP contribution in [0.25, 0.3) is 0 Å². The number of ether oxygens (including phenoxy) is 1. The molecule has 27 heavy (non-hydrogen) atoms. The molecule has 3 rings (SSSR count). The highest BCUT2D eigenvalue weighted by Crippen LogP contribution is 2.34. The SMILES string of the molecule is N#Cc1cccc(NC(=O)COC(=O)CN2C(=O)NC3(CCCC3)C2=O)c1. The molecule has 2 fully saturated rings. The first-order valence-corrected chi connectivity index (χ1v) is 8.53. The molecule has 4 amide bonds. The number of hydrogen-bond donors (Lipinski definition) is 2. The fraction of sp³-hybridized carbons (Fsp3) is 0.389. The molecule has 140 valence electrons. The van der Waals surface area contributed by atoms with E-state index in [9.17, 15) is 19.2 Å². The number of esters is 1. The first kappa shape index (κ1) is 18.4. The van der Waals surface area contributed by atoms with Crippen molar-refractivity contribution in [2.45, 2.75) is 31.2 Å². The van der Waals surface area contributed by atoms with E-state index in [4.69, 9.17) is 10.00 Å². The second-order valence-corrected chi connectivity index (χ2v) is 6.51. The maximum atomic E-state index is 12.4. The van der Waals surface area contributed by atoms with Gasteiger partial charge in [-0.2, -0.15) is 5.26 Å². The molecule has 1 aliphatic carbocycles. The van der Waals surface area contributed by atoms with Crippen molar-refractivity contribution in [1.29, 1.82) is 5.26 Å². The maximum Gasteiger partial charge on any atom is 0.326 e. The zero-order valence-corrected chi connectivity index (χ0v) is 14.5.